The van der Waals surface area contributed by atoms with Crippen molar-refractivity contribution in [3.63, 3.8) is 0 Å². The summed E-state index contributed by atoms with van der Waals surface area (Å²) < 4.78 is 1.76. The zero-order valence-corrected chi connectivity index (χ0v) is 15.0. The third-order valence-corrected chi connectivity index (χ3v) is 4.25. The van der Waals surface area contributed by atoms with E-state index < -0.39 is 0 Å². The monoisotopic (exact) mass is 349 g/mol. The number of carbonyl (C=O) groups excluding carboxylic acids is 1. The second-order valence-corrected chi connectivity index (χ2v) is 6.10. The Hall–Kier alpha value is -3.15. The van der Waals surface area contributed by atoms with E-state index in [0.717, 1.165) is 29.9 Å². The highest BCUT2D eigenvalue weighted by molar-refractivity contribution is 5.89. The summed E-state index contributed by atoms with van der Waals surface area (Å²) in [5.74, 6) is 0. The Morgan fingerprint density at radius 2 is 2.08 bits per heavy atom. The molecular formula is C20H23N5O. The summed E-state index contributed by atoms with van der Waals surface area (Å²) in [5.41, 5.74) is 2.52. The van der Waals surface area contributed by atoms with Gasteiger partial charge in [0.25, 0.3) is 0 Å². The highest BCUT2D eigenvalue weighted by atomic mass is 16.2. The summed E-state index contributed by atoms with van der Waals surface area (Å²) in [4.78, 5) is 18.9. The van der Waals surface area contributed by atoms with Crippen molar-refractivity contribution in [2.24, 2.45) is 0 Å². The van der Waals surface area contributed by atoms with E-state index >= 15 is 0 Å². The van der Waals surface area contributed by atoms with Gasteiger partial charge in [-0.15, -0.1) is 0 Å². The van der Waals surface area contributed by atoms with Crippen LogP contribution in [0.5, 0.6) is 0 Å². The number of pyridine rings is 1. The van der Waals surface area contributed by atoms with E-state index in [0.29, 0.717) is 0 Å². The van der Waals surface area contributed by atoms with Gasteiger partial charge in [-0.05, 0) is 42.8 Å². The largest absolute Gasteiger partial charge is 0.322 e. The molecule has 6 nitrogen and oxygen atoms in total. The Kier molecular flexibility index (Phi) is 5.63. The lowest BCUT2D eigenvalue weighted by Gasteiger charge is -2.28. The van der Waals surface area contributed by atoms with Crippen LogP contribution in [-0.4, -0.2) is 32.7 Å². The molecule has 0 saturated heterocycles. The summed E-state index contributed by atoms with van der Waals surface area (Å²) in [5, 5.41) is 7.19. The Bertz CT molecular complexity index is 832. The molecule has 2 aromatic heterocycles. The topological polar surface area (TPSA) is 63.1 Å². The fourth-order valence-electron chi connectivity index (χ4n) is 2.89. The van der Waals surface area contributed by atoms with Crippen molar-refractivity contribution in [1.29, 1.82) is 0 Å². The first-order valence-electron chi connectivity index (χ1n) is 8.74. The number of amides is 2. The molecule has 3 rings (SSSR count). The van der Waals surface area contributed by atoms with Gasteiger partial charge in [0.2, 0.25) is 0 Å². The van der Waals surface area contributed by atoms with Crippen LogP contribution in [0.4, 0.5) is 10.5 Å². The maximum atomic E-state index is 12.8. The van der Waals surface area contributed by atoms with E-state index in [4.69, 9.17) is 0 Å². The predicted octanol–water partition coefficient (Wildman–Crippen LogP) is 4.27. The standard InChI is InChI=1S/C20H23N5O/c1-3-8-19(18-11-4-5-12-21-18)24(2)20(26)23-16-9-6-10-17(15-16)25-14-7-13-22-25/h4-7,9-15,19H,3,8H2,1-2H3,(H,23,26). The molecule has 26 heavy (non-hydrogen) atoms. The summed E-state index contributed by atoms with van der Waals surface area (Å²) in [6.07, 6.45) is 7.17. The molecule has 1 unspecified atom stereocenters. The smallest absolute Gasteiger partial charge is 0.319 e. The molecule has 0 aliphatic carbocycles. The van der Waals surface area contributed by atoms with Gasteiger partial charge in [0.1, 0.15) is 0 Å². The first-order chi connectivity index (χ1) is 12.7. The van der Waals surface area contributed by atoms with E-state index in [-0.39, 0.29) is 12.1 Å². The van der Waals surface area contributed by atoms with Gasteiger partial charge in [0, 0.05) is 31.3 Å². The maximum Gasteiger partial charge on any atom is 0.322 e. The highest BCUT2D eigenvalue weighted by Crippen LogP contribution is 2.24. The minimum atomic E-state index is -0.160. The van der Waals surface area contributed by atoms with E-state index in [9.17, 15) is 4.79 Å². The molecule has 0 spiro atoms. The molecule has 1 aromatic carbocycles. The third kappa shape index (κ3) is 4.08. The molecule has 2 amide bonds. The number of anilines is 1. The van der Waals surface area contributed by atoms with Crippen molar-refractivity contribution < 1.29 is 4.79 Å². The first-order valence-corrected chi connectivity index (χ1v) is 8.74. The number of urea groups is 1. The van der Waals surface area contributed by atoms with Crippen LogP contribution in [0.15, 0.2) is 67.1 Å². The van der Waals surface area contributed by atoms with Crippen LogP contribution in [0.1, 0.15) is 31.5 Å². The Labute approximate surface area is 153 Å². The van der Waals surface area contributed by atoms with Crippen molar-refractivity contribution in [1.82, 2.24) is 19.7 Å². The lowest BCUT2D eigenvalue weighted by atomic mass is 10.1. The minimum absolute atomic E-state index is 0.0597. The zero-order valence-electron chi connectivity index (χ0n) is 15.0. The second kappa shape index (κ2) is 8.29. The van der Waals surface area contributed by atoms with Crippen LogP contribution in [0.25, 0.3) is 5.69 Å². The summed E-state index contributed by atoms with van der Waals surface area (Å²) in [7, 11) is 1.81. The van der Waals surface area contributed by atoms with Crippen LogP contribution >= 0.6 is 0 Å². The molecule has 1 atom stereocenters. The molecule has 1 N–H and O–H groups in total. The number of hydrogen-bond donors (Lipinski definition) is 1. The molecule has 0 saturated carbocycles. The molecule has 2 heterocycles. The fourth-order valence-corrected chi connectivity index (χ4v) is 2.89. The molecule has 3 aromatic rings. The normalized spacial score (nSPS) is 11.8. The van der Waals surface area contributed by atoms with Gasteiger partial charge >= 0.3 is 6.03 Å². The van der Waals surface area contributed by atoms with Gasteiger partial charge < -0.3 is 10.2 Å². The lowest BCUT2D eigenvalue weighted by Crippen LogP contribution is -2.35. The number of benzene rings is 1. The molecule has 6 heteroatoms. The quantitative estimate of drug-likeness (QED) is 0.723. The minimum Gasteiger partial charge on any atom is -0.319 e. The number of carbonyl (C=O) groups is 1. The van der Waals surface area contributed by atoms with Crippen molar-refractivity contribution in [3.05, 3.63) is 72.8 Å². The second-order valence-electron chi connectivity index (χ2n) is 6.10. The van der Waals surface area contributed by atoms with Crippen molar-refractivity contribution in [2.45, 2.75) is 25.8 Å². The highest BCUT2D eigenvalue weighted by Gasteiger charge is 2.22. The van der Waals surface area contributed by atoms with Crippen molar-refractivity contribution >= 4 is 11.7 Å². The number of nitrogens with zero attached hydrogens (tertiary/aromatic N) is 4. The Morgan fingerprint density at radius 3 is 2.77 bits per heavy atom. The molecule has 0 radical (unpaired) electrons. The molecule has 0 aliphatic heterocycles. The van der Waals surface area contributed by atoms with Gasteiger partial charge in [0.15, 0.2) is 0 Å². The number of aromatic nitrogens is 3. The molecular weight excluding hydrogens is 326 g/mol. The zero-order chi connectivity index (χ0) is 18.4. The van der Waals surface area contributed by atoms with Gasteiger partial charge in [-0.2, -0.15) is 5.10 Å². The fraction of sp³-hybridized carbons (Fsp3) is 0.250. The summed E-state index contributed by atoms with van der Waals surface area (Å²) >= 11 is 0. The Morgan fingerprint density at radius 1 is 1.19 bits per heavy atom. The SMILES string of the molecule is CCCC(c1ccccn1)N(C)C(=O)Nc1cccc(-n2cccn2)c1. The molecule has 0 fully saturated rings. The van der Waals surface area contributed by atoms with E-state index in [2.05, 4.69) is 22.3 Å². The maximum absolute atomic E-state index is 12.8. The number of rotatable bonds is 6. The van der Waals surface area contributed by atoms with E-state index in [1.54, 1.807) is 22.0 Å². The molecule has 134 valence electrons. The van der Waals surface area contributed by atoms with Crippen molar-refractivity contribution in [2.75, 3.05) is 12.4 Å². The first kappa shape index (κ1) is 17.7. The third-order valence-electron chi connectivity index (χ3n) is 4.25. The van der Waals surface area contributed by atoms with Crippen molar-refractivity contribution in [3.8, 4) is 5.69 Å². The predicted molar refractivity (Wildman–Crippen MR) is 102 cm³/mol. The van der Waals surface area contributed by atoms with E-state index in [1.807, 2.05) is 61.8 Å². The van der Waals surface area contributed by atoms with Gasteiger partial charge in [-0.1, -0.05) is 25.5 Å². The van der Waals surface area contributed by atoms with Crippen LogP contribution in [0.2, 0.25) is 0 Å². The lowest BCUT2D eigenvalue weighted by molar-refractivity contribution is 0.199. The van der Waals surface area contributed by atoms with Crippen LogP contribution in [-0.2, 0) is 0 Å². The molecule has 0 aliphatic rings. The van der Waals surface area contributed by atoms with Crippen LogP contribution in [0, 0.1) is 0 Å². The Balaban J connectivity index is 1.75. The summed E-state index contributed by atoms with van der Waals surface area (Å²) in [6.45, 7) is 2.11. The molecule has 0 bridgehead atoms. The van der Waals surface area contributed by atoms with Crippen LogP contribution < -0.4 is 5.32 Å². The average Bonchev–Trinajstić information content (AvgIpc) is 3.21. The van der Waals surface area contributed by atoms with Gasteiger partial charge in [0.05, 0.1) is 17.4 Å². The number of nitrogens with one attached hydrogen (secondary N) is 1. The van der Waals surface area contributed by atoms with Gasteiger partial charge in [-0.25, -0.2) is 9.48 Å². The van der Waals surface area contributed by atoms with Gasteiger partial charge in [-0.3, -0.25) is 4.98 Å². The van der Waals surface area contributed by atoms with E-state index in [1.165, 1.54) is 0 Å². The summed E-state index contributed by atoms with van der Waals surface area (Å²) in [6, 6.07) is 15.0. The number of hydrogen-bond acceptors (Lipinski definition) is 3. The van der Waals surface area contributed by atoms with Crippen LogP contribution in [0.3, 0.4) is 0 Å². The average molecular weight is 349 g/mol.